The van der Waals surface area contributed by atoms with Crippen molar-refractivity contribution in [1.29, 1.82) is 0 Å². The lowest BCUT2D eigenvalue weighted by molar-refractivity contribution is 0.241. The van der Waals surface area contributed by atoms with Crippen LogP contribution >= 0.6 is 11.8 Å². The smallest absolute Gasteiger partial charge is 0.0558 e. The molecule has 0 saturated carbocycles. The number of rotatable bonds is 1. The summed E-state index contributed by atoms with van der Waals surface area (Å²) in [5.74, 6) is 0. The maximum Gasteiger partial charge on any atom is 0.0558 e. The van der Waals surface area contributed by atoms with Crippen molar-refractivity contribution in [2.24, 2.45) is 0 Å². The van der Waals surface area contributed by atoms with Gasteiger partial charge >= 0.3 is 0 Å². The Hall–Kier alpha value is -1.25. The second-order valence-electron chi connectivity index (χ2n) is 6.29. The van der Waals surface area contributed by atoms with Crippen LogP contribution in [0.4, 0.5) is 0 Å². The molecule has 1 saturated heterocycles. The van der Waals surface area contributed by atoms with Crippen LogP contribution in [0.5, 0.6) is 0 Å². The van der Waals surface area contributed by atoms with E-state index in [0.29, 0.717) is 10.00 Å². The summed E-state index contributed by atoms with van der Waals surface area (Å²) < 4.78 is 0.337. The average molecular weight is 295 g/mol. The SMILES string of the molecule is CN1CCC2(CC1)S[C@H](c1ccccc1)c1ccccc12. The van der Waals surface area contributed by atoms with E-state index < -0.39 is 0 Å². The number of benzene rings is 2. The molecule has 2 aromatic rings. The number of nitrogens with zero attached hydrogens (tertiary/aromatic N) is 1. The summed E-state index contributed by atoms with van der Waals surface area (Å²) in [6.45, 7) is 2.42. The van der Waals surface area contributed by atoms with Gasteiger partial charge in [0.25, 0.3) is 0 Å². The van der Waals surface area contributed by atoms with Gasteiger partial charge in [0.2, 0.25) is 0 Å². The molecule has 0 unspecified atom stereocenters. The highest BCUT2D eigenvalue weighted by molar-refractivity contribution is 8.01. The van der Waals surface area contributed by atoms with Gasteiger partial charge < -0.3 is 4.90 Å². The molecule has 0 amide bonds. The fourth-order valence-corrected chi connectivity index (χ4v) is 5.54. The van der Waals surface area contributed by atoms with Crippen molar-refractivity contribution in [2.75, 3.05) is 20.1 Å². The lowest BCUT2D eigenvalue weighted by Crippen LogP contribution is -2.37. The normalized spacial score (nSPS) is 24.1. The number of fused-ring (bicyclic) bond motifs is 2. The average Bonchev–Trinajstić information content (AvgIpc) is 2.87. The maximum absolute atomic E-state index is 2.46. The Bertz CT molecular complexity index is 629. The lowest BCUT2D eigenvalue weighted by atomic mass is 9.84. The minimum absolute atomic E-state index is 0.337. The Morgan fingerprint density at radius 3 is 2.38 bits per heavy atom. The molecule has 0 N–H and O–H groups in total. The number of piperidine rings is 1. The molecule has 0 bridgehead atoms. The van der Waals surface area contributed by atoms with E-state index >= 15 is 0 Å². The maximum atomic E-state index is 2.46. The van der Waals surface area contributed by atoms with Crippen LogP contribution in [0.25, 0.3) is 0 Å². The van der Waals surface area contributed by atoms with Crippen LogP contribution < -0.4 is 0 Å². The summed E-state index contributed by atoms with van der Waals surface area (Å²) in [6, 6.07) is 20.1. The summed E-state index contributed by atoms with van der Waals surface area (Å²) in [7, 11) is 2.24. The Labute approximate surface area is 131 Å². The number of hydrogen-bond acceptors (Lipinski definition) is 2. The number of hydrogen-bond donors (Lipinski definition) is 0. The topological polar surface area (TPSA) is 3.24 Å². The van der Waals surface area contributed by atoms with Gasteiger partial charge in [-0.25, -0.2) is 0 Å². The van der Waals surface area contributed by atoms with Gasteiger partial charge in [0.1, 0.15) is 0 Å². The molecule has 2 heteroatoms. The lowest BCUT2D eigenvalue weighted by Gasteiger charge is -2.38. The molecule has 1 spiro atoms. The fourth-order valence-electron chi connectivity index (χ4n) is 3.74. The van der Waals surface area contributed by atoms with Crippen molar-refractivity contribution >= 4 is 11.8 Å². The van der Waals surface area contributed by atoms with E-state index in [-0.39, 0.29) is 0 Å². The van der Waals surface area contributed by atoms with Gasteiger partial charge in [-0.1, -0.05) is 54.6 Å². The van der Waals surface area contributed by atoms with Crippen LogP contribution in [0.3, 0.4) is 0 Å². The zero-order valence-electron chi connectivity index (χ0n) is 12.5. The van der Waals surface area contributed by atoms with Gasteiger partial charge in [-0.15, -0.1) is 11.8 Å². The predicted octanol–water partition coefficient (Wildman–Crippen LogP) is 4.44. The van der Waals surface area contributed by atoms with Gasteiger partial charge in [-0.2, -0.15) is 0 Å². The summed E-state index contributed by atoms with van der Waals surface area (Å²) in [5.41, 5.74) is 4.58. The summed E-state index contributed by atoms with van der Waals surface area (Å²) >= 11 is 2.19. The summed E-state index contributed by atoms with van der Waals surface area (Å²) in [4.78, 5) is 2.46. The minimum Gasteiger partial charge on any atom is -0.306 e. The first kappa shape index (κ1) is 13.4. The van der Waals surface area contributed by atoms with Crippen molar-refractivity contribution in [3.8, 4) is 0 Å². The molecule has 2 aromatic carbocycles. The zero-order valence-corrected chi connectivity index (χ0v) is 13.3. The highest BCUT2D eigenvalue weighted by atomic mass is 32.2. The Morgan fingerprint density at radius 1 is 0.952 bits per heavy atom. The molecule has 2 heterocycles. The molecule has 1 fully saturated rings. The fraction of sp³-hybridized carbons (Fsp3) is 0.368. The van der Waals surface area contributed by atoms with Crippen LogP contribution in [0.1, 0.15) is 34.8 Å². The molecule has 4 rings (SSSR count). The van der Waals surface area contributed by atoms with E-state index in [0.717, 1.165) is 0 Å². The van der Waals surface area contributed by atoms with Crippen molar-refractivity contribution < 1.29 is 0 Å². The molecule has 0 aromatic heterocycles. The van der Waals surface area contributed by atoms with Gasteiger partial charge in [0, 0.05) is 4.75 Å². The number of thioether (sulfide) groups is 1. The zero-order chi connectivity index (χ0) is 14.3. The van der Waals surface area contributed by atoms with E-state index in [1.54, 1.807) is 11.1 Å². The van der Waals surface area contributed by atoms with E-state index in [1.807, 2.05) is 0 Å². The van der Waals surface area contributed by atoms with Gasteiger partial charge in [0.15, 0.2) is 0 Å². The molecular weight excluding hydrogens is 274 g/mol. The summed E-state index contributed by atoms with van der Waals surface area (Å²) in [5, 5.41) is 0.505. The largest absolute Gasteiger partial charge is 0.306 e. The van der Waals surface area contributed by atoms with Crippen LogP contribution in [0.15, 0.2) is 54.6 Å². The Balaban J connectivity index is 1.77. The number of likely N-dealkylation sites (tertiary alicyclic amines) is 1. The molecule has 1 atom stereocenters. The Kier molecular flexibility index (Phi) is 3.31. The van der Waals surface area contributed by atoms with E-state index in [1.165, 1.54) is 31.5 Å². The minimum atomic E-state index is 0.337. The standard InChI is InChI=1S/C19H21NS/c1-20-13-11-19(12-14-20)17-10-6-5-9-16(17)18(21-19)15-7-3-2-4-8-15/h2-10,18H,11-14H2,1H3/t18-/m1/s1. The van der Waals surface area contributed by atoms with Crippen molar-refractivity contribution in [3.05, 3.63) is 71.3 Å². The van der Waals surface area contributed by atoms with E-state index in [9.17, 15) is 0 Å². The molecule has 108 valence electrons. The predicted molar refractivity (Wildman–Crippen MR) is 90.7 cm³/mol. The van der Waals surface area contributed by atoms with Crippen LogP contribution in [-0.2, 0) is 4.75 Å². The third kappa shape index (κ3) is 2.21. The molecule has 1 nitrogen and oxygen atoms in total. The van der Waals surface area contributed by atoms with Gasteiger partial charge in [0.05, 0.1) is 5.25 Å². The molecule has 21 heavy (non-hydrogen) atoms. The third-order valence-corrected chi connectivity index (χ3v) is 6.82. The Morgan fingerprint density at radius 2 is 1.62 bits per heavy atom. The quantitative estimate of drug-likeness (QED) is 0.765. The van der Waals surface area contributed by atoms with Crippen molar-refractivity contribution in [1.82, 2.24) is 4.90 Å². The van der Waals surface area contributed by atoms with E-state index in [4.69, 9.17) is 0 Å². The second-order valence-corrected chi connectivity index (χ2v) is 7.78. The van der Waals surface area contributed by atoms with Gasteiger partial charge in [-0.3, -0.25) is 0 Å². The first-order valence-corrected chi connectivity index (χ1v) is 8.67. The summed E-state index contributed by atoms with van der Waals surface area (Å²) in [6.07, 6.45) is 2.54. The van der Waals surface area contributed by atoms with E-state index in [2.05, 4.69) is 78.3 Å². The first-order chi connectivity index (χ1) is 10.3. The molecule has 2 aliphatic rings. The second kappa shape index (κ2) is 5.19. The first-order valence-electron chi connectivity index (χ1n) is 7.79. The third-order valence-electron chi connectivity index (χ3n) is 4.97. The molecule has 0 aliphatic carbocycles. The highest BCUT2D eigenvalue weighted by Gasteiger charge is 2.45. The highest BCUT2D eigenvalue weighted by Crippen LogP contribution is 2.61. The molecule has 0 radical (unpaired) electrons. The van der Waals surface area contributed by atoms with Crippen LogP contribution in [-0.4, -0.2) is 25.0 Å². The monoisotopic (exact) mass is 295 g/mol. The van der Waals surface area contributed by atoms with Gasteiger partial charge in [-0.05, 0) is 49.7 Å². The molecule has 2 aliphatic heterocycles. The van der Waals surface area contributed by atoms with Crippen LogP contribution in [0, 0.1) is 0 Å². The van der Waals surface area contributed by atoms with Crippen LogP contribution in [0.2, 0.25) is 0 Å². The molecular formula is C19H21NS. The van der Waals surface area contributed by atoms with Crippen molar-refractivity contribution in [2.45, 2.75) is 22.8 Å². The van der Waals surface area contributed by atoms with Crippen molar-refractivity contribution in [3.63, 3.8) is 0 Å².